The van der Waals surface area contributed by atoms with Crippen LogP contribution in [0.4, 0.5) is 0 Å². The van der Waals surface area contributed by atoms with Crippen LogP contribution in [0.1, 0.15) is 49.2 Å². The van der Waals surface area contributed by atoms with Crippen LogP contribution in [0.3, 0.4) is 0 Å². The van der Waals surface area contributed by atoms with Gasteiger partial charge in [-0.3, -0.25) is 0 Å². The summed E-state index contributed by atoms with van der Waals surface area (Å²) >= 11 is 0. The second-order valence-corrected chi connectivity index (χ2v) is 5.58. The molecular formula is C16H21N3O2. The summed E-state index contributed by atoms with van der Waals surface area (Å²) in [5.74, 6) is 1.21. The lowest BCUT2D eigenvalue weighted by atomic mass is 9.94. The lowest BCUT2D eigenvalue weighted by Gasteiger charge is -2.24. The van der Waals surface area contributed by atoms with Crippen molar-refractivity contribution >= 4 is 0 Å². The fourth-order valence-electron chi connectivity index (χ4n) is 2.69. The van der Waals surface area contributed by atoms with Gasteiger partial charge in [-0.15, -0.1) is 0 Å². The Labute approximate surface area is 124 Å². The first-order valence-electron chi connectivity index (χ1n) is 7.38. The van der Waals surface area contributed by atoms with Crippen molar-refractivity contribution in [1.29, 1.82) is 0 Å². The van der Waals surface area contributed by atoms with E-state index in [-0.39, 0.29) is 6.04 Å². The van der Waals surface area contributed by atoms with E-state index >= 15 is 0 Å². The molecule has 0 saturated heterocycles. The Morgan fingerprint density at radius 2 is 2.24 bits per heavy atom. The SMILES string of the molecule is CCC(C)(OC)c1noc(C2NCCc3ccccc32)n1. The highest BCUT2D eigenvalue weighted by Gasteiger charge is 2.33. The molecule has 0 radical (unpaired) electrons. The average molecular weight is 287 g/mol. The average Bonchev–Trinajstić information content (AvgIpc) is 3.04. The normalized spacial score (nSPS) is 20.8. The zero-order valence-electron chi connectivity index (χ0n) is 12.7. The zero-order valence-corrected chi connectivity index (χ0v) is 12.7. The quantitative estimate of drug-likeness (QED) is 0.936. The molecule has 21 heavy (non-hydrogen) atoms. The van der Waals surface area contributed by atoms with Crippen molar-refractivity contribution in [3.8, 4) is 0 Å². The number of methoxy groups -OCH3 is 1. The summed E-state index contributed by atoms with van der Waals surface area (Å²) in [6, 6.07) is 8.35. The van der Waals surface area contributed by atoms with Gasteiger partial charge >= 0.3 is 0 Å². The standard InChI is InChI=1S/C16H21N3O2/c1-4-16(2,20-3)15-18-14(21-19-15)13-12-8-6-5-7-11(12)9-10-17-13/h5-8,13,17H,4,9-10H2,1-3H3. The minimum atomic E-state index is -0.504. The molecule has 2 aromatic rings. The van der Waals surface area contributed by atoms with Crippen molar-refractivity contribution in [2.45, 2.75) is 38.3 Å². The van der Waals surface area contributed by atoms with Crippen LogP contribution >= 0.6 is 0 Å². The second kappa shape index (κ2) is 5.58. The Kier molecular flexibility index (Phi) is 3.78. The van der Waals surface area contributed by atoms with E-state index in [0.717, 1.165) is 19.4 Å². The highest BCUT2D eigenvalue weighted by molar-refractivity contribution is 5.35. The molecule has 0 amide bonds. The molecule has 5 nitrogen and oxygen atoms in total. The molecule has 0 bridgehead atoms. The number of hydrogen-bond acceptors (Lipinski definition) is 5. The maximum absolute atomic E-state index is 5.54. The smallest absolute Gasteiger partial charge is 0.248 e. The molecule has 1 N–H and O–H groups in total. The van der Waals surface area contributed by atoms with Crippen LogP contribution in [0.5, 0.6) is 0 Å². The van der Waals surface area contributed by atoms with E-state index in [4.69, 9.17) is 9.26 Å². The highest BCUT2D eigenvalue weighted by atomic mass is 16.5. The molecule has 1 aromatic carbocycles. The third-order valence-corrected chi connectivity index (χ3v) is 4.40. The maximum atomic E-state index is 5.54. The molecule has 2 heterocycles. The summed E-state index contributed by atoms with van der Waals surface area (Å²) in [4.78, 5) is 4.58. The lowest BCUT2D eigenvalue weighted by Crippen LogP contribution is -2.31. The fourth-order valence-corrected chi connectivity index (χ4v) is 2.69. The van der Waals surface area contributed by atoms with Gasteiger partial charge in [-0.05, 0) is 30.9 Å². The van der Waals surface area contributed by atoms with Crippen molar-refractivity contribution < 1.29 is 9.26 Å². The van der Waals surface area contributed by atoms with E-state index in [2.05, 4.69) is 33.7 Å². The van der Waals surface area contributed by atoms with Crippen molar-refractivity contribution in [2.75, 3.05) is 13.7 Å². The molecule has 1 aliphatic heterocycles. The summed E-state index contributed by atoms with van der Waals surface area (Å²) < 4.78 is 11.0. The van der Waals surface area contributed by atoms with Crippen molar-refractivity contribution in [1.82, 2.24) is 15.5 Å². The highest BCUT2D eigenvalue weighted by Crippen LogP contribution is 2.30. The first-order chi connectivity index (χ1) is 10.2. The third-order valence-electron chi connectivity index (χ3n) is 4.40. The predicted molar refractivity (Wildman–Crippen MR) is 78.9 cm³/mol. The predicted octanol–water partition coefficient (Wildman–Crippen LogP) is 2.58. The molecule has 112 valence electrons. The van der Waals surface area contributed by atoms with Crippen molar-refractivity contribution in [2.24, 2.45) is 0 Å². The molecule has 0 saturated carbocycles. The minimum absolute atomic E-state index is 0.0332. The zero-order chi connectivity index (χ0) is 14.9. The van der Waals surface area contributed by atoms with Crippen LogP contribution in [0.15, 0.2) is 28.8 Å². The van der Waals surface area contributed by atoms with Gasteiger partial charge in [-0.1, -0.05) is 36.3 Å². The van der Waals surface area contributed by atoms with Gasteiger partial charge in [0.05, 0.1) is 0 Å². The van der Waals surface area contributed by atoms with Gasteiger partial charge < -0.3 is 14.6 Å². The third kappa shape index (κ3) is 2.47. The van der Waals surface area contributed by atoms with Crippen LogP contribution in [-0.4, -0.2) is 23.8 Å². The van der Waals surface area contributed by atoms with E-state index in [1.54, 1.807) is 7.11 Å². The number of benzene rings is 1. The van der Waals surface area contributed by atoms with Gasteiger partial charge in [-0.2, -0.15) is 4.98 Å². The van der Waals surface area contributed by atoms with E-state index in [0.29, 0.717) is 11.7 Å². The van der Waals surface area contributed by atoms with Crippen LogP contribution in [-0.2, 0) is 16.8 Å². The Morgan fingerprint density at radius 3 is 3.00 bits per heavy atom. The molecule has 1 aliphatic rings. The van der Waals surface area contributed by atoms with E-state index < -0.39 is 5.60 Å². The summed E-state index contributed by atoms with van der Waals surface area (Å²) in [6.45, 7) is 4.94. The second-order valence-electron chi connectivity index (χ2n) is 5.58. The van der Waals surface area contributed by atoms with Crippen LogP contribution < -0.4 is 5.32 Å². The van der Waals surface area contributed by atoms with Crippen molar-refractivity contribution in [3.05, 3.63) is 47.1 Å². The monoisotopic (exact) mass is 287 g/mol. The van der Waals surface area contributed by atoms with Gasteiger partial charge in [0.25, 0.3) is 0 Å². The Bertz CT molecular complexity index is 619. The van der Waals surface area contributed by atoms with E-state index in [1.807, 2.05) is 19.9 Å². The number of fused-ring (bicyclic) bond motifs is 1. The van der Waals surface area contributed by atoms with E-state index in [1.165, 1.54) is 11.1 Å². The Morgan fingerprint density at radius 1 is 1.43 bits per heavy atom. The number of rotatable bonds is 4. The van der Waals surface area contributed by atoms with Gasteiger partial charge in [0.2, 0.25) is 11.7 Å². The van der Waals surface area contributed by atoms with Gasteiger partial charge in [0.15, 0.2) is 0 Å². The molecule has 2 atom stereocenters. The summed E-state index contributed by atoms with van der Waals surface area (Å²) in [7, 11) is 1.67. The Hall–Kier alpha value is -1.72. The first-order valence-corrected chi connectivity index (χ1v) is 7.38. The number of aromatic nitrogens is 2. The molecule has 0 spiro atoms. The van der Waals surface area contributed by atoms with Crippen LogP contribution in [0.2, 0.25) is 0 Å². The number of hydrogen-bond donors (Lipinski definition) is 1. The Balaban J connectivity index is 1.95. The molecule has 5 heteroatoms. The fraction of sp³-hybridized carbons (Fsp3) is 0.500. The minimum Gasteiger partial charge on any atom is -0.370 e. The molecular weight excluding hydrogens is 266 g/mol. The number of nitrogens with zero attached hydrogens (tertiary/aromatic N) is 2. The molecule has 2 unspecified atom stereocenters. The summed E-state index contributed by atoms with van der Waals surface area (Å²) in [5.41, 5.74) is 2.05. The molecule has 0 fully saturated rings. The van der Waals surface area contributed by atoms with E-state index in [9.17, 15) is 0 Å². The summed E-state index contributed by atoms with van der Waals surface area (Å²) in [5, 5.41) is 7.58. The van der Waals surface area contributed by atoms with Gasteiger partial charge in [-0.25, -0.2) is 0 Å². The number of ether oxygens (including phenoxy) is 1. The molecule has 1 aromatic heterocycles. The van der Waals surface area contributed by atoms with Gasteiger partial charge in [0.1, 0.15) is 11.6 Å². The van der Waals surface area contributed by atoms with Crippen molar-refractivity contribution in [3.63, 3.8) is 0 Å². The summed E-state index contributed by atoms with van der Waals surface area (Å²) in [6.07, 6.45) is 1.82. The number of nitrogens with one attached hydrogen (secondary N) is 1. The topological polar surface area (TPSA) is 60.2 Å². The maximum Gasteiger partial charge on any atom is 0.248 e. The van der Waals surface area contributed by atoms with Gasteiger partial charge in [0, 0.05) is 13.7 Å². The first kappa shape index (κ1) is 14.2. The van der Waals surface area contributed by atoms with Crippen LogP contribution in [0, 0.1) is 0 Å². The largest absolute Gasteiger partial charge is 0.370 e. The molecule has 0 aliphatic carbocycles. The molecule has 3 rings (SSSR count). The van der Waals surface area contributed by atoms with Crippen LogP contribution in [0.25, 0.3) is 0 Å². The lowest BCUT2D eigenvalue weighted by molar-refractivity contribution is -0.0106.